The van der Waals surface area contributed by atoms with E-state index < -0.39 is 0 Å². The van der Waals surface area contributed by atoms with E-state index in [1.54, 1.807) is 11.3 Å². The number of aromatic nitrogens is 2. The average molecular weight is 243 g/mol. The summed E-state index contributed by atoms with van der Waals surface area (Å²) in [5.74, 6) is 0.824. The minimum atomic E-state index is 0.266. The molecule has 0 saturated carbocycles. The molecule has 1 unspecified atom stereocenters. The van der Waals surface area contributed by atoms with Crippen molar-refractivity contribution in [2.45, 2.75) is 13.0 Å². The average Bonchev–Trinajstić information content (AvgIpc) is 2.97. The van der Waals surface area contributed by atoms with E-state index in [0.29, 0.717) is 0 Å². The van der Waals surface area contributed by atoms with Crippen LogP contribution < -0.4 is 5.32 Å². The van der Waals surface area contributed by atoms with Crippen molar-refractivity contribution in [3.05, 3.63) is 46.7 Å². The van der Waals surface area contributed by atoms with Crippen molar-refractivity contribution in [3.63, 3.8) is 0 Å². The van der Waals surface area contributed by atoms with Crippen LogP contribution in [0.4, 0.5) is 5.95 Å². The Morgan fingerprint density at radius 3 is 2.94 bits per heavy atom. The lowest BCUT2D eigenvalue weighted by molar-refractivity contribution is 0.874. The Hall–Kier alpha value is -1.81. The second-order valence-corrected chi connectivity index (χ2v) is 4.81. The predicted molar refractivity (Wildman–Crippen MR) is 72.5 cm³/mol. The van der Waals surface area contributed by atoms with Crippen LogP contribution in [-0.4, -0.2) is 9.97 Å². The molecule has 4 heteroatoms. The van der Waals surface area contributed by atoms with Gasteiger partial charge in [-0.05, 0) is 41.4 Å². The fraction of sp³-hybridized carbons (Fsp3) is 0.154. The molecule has 0 bridgehead atoms. The lowest BCUT2D eigenvalue weighted by Crippen LogP contribution is -2.06. The second kappa shape index (κ2) is 4.22. The van der Waals surface area contributed by atoms with Gasteiger partial charge in [0.05, 0.1) is 17.1 Å². The van der Waals surface area contributed by atoms with Crippen molar-refractivity contribution in [1.29, 1.82) is 0 Å². The highest BCUT2D eigenvalue weighted by Crippen LogP contribution is 2.21. The molecule has 0 aliphatic carbocycles. The van der Waals surface area contributed by atoms with Gasteiger partial charge >= 0.3 is 0 Å². The Balaban J connectivity index is 1.85. The predicted octanol–water partition coefficient (Wildman–Crippen LogP) is 3.80. The molecule has 0 radical (unpaired) electrons. The number of hydrogen-bond donors (Lipinski definition) is 2. The molecule has 1 aromatic carbocycles. The monoisotopic (exact) mass is 243 g/mol. The maximum Gasteiger partial charge on any atom is 0.201 e. The molecule has 3 rings (SSSR count). The third-order valence-corrected chi connectivity index (χ3v) is 3.49. The zero-order valence-corrected chi connectivity index (χ0v) is 10.3. The van der Waals surface area contributed by atoms with Crippen LogP contribution in [0.15, 0.2) is 41.1 Å². The second-order valence-electron chi connectivity index (χ2n) is 4.03. The third-order valence-electron chi connectivity index (χ3n) is 2.79. The van der Waals surface area contributed by atoms with E-state index in [4.69, 9.17) is 0 Å². The molecule has 3 nitrogen and oxygen atoms in total. The van der Waals surface area contributed by atoms with Gasteiger partial charge in [-0.2, -0.15) is 11.3 Å². The molecule has 86 valence electrons. The molecule has 2 N–H and O–H groups in total. The van der Waals surface area contributed by atoms with Gasteiger partial charge in [-0.25, -0.2) is 4.98 Å². The summed E-state index contributed by atoms with van der Waals surface area (Å²) in [6, 6.07) is 10.4. The maximum absolute atomic E-state index is 4.50. The summed E-state index contributed by atoms with van der Waals surface area (Å²) in [6.07, 6.45) is 0. The van der Waals surface area contributed by atoms with E-state index in [2.05, 4.69) is 39.0 Å². The Bertz CT molecular complexity index is 579. The molecule has 0 saturated heterocycles. The van der Waals surface area contributed by atoms with E-state index in [9.17, 15) is 0 Å². The molecular weight excluding hydrogens is 230 g/mol. The van der Waals surface area contributed by atoms with Gasteiger partial charge in [0.1, 0.15) is 0 Å². The largest absolute Gasteiger partial charge is 0.349 e. The van der Waals surface area contributed by atoms with Crippen LogP contribution in [0.5, 0.6) is 0 Å². The molecule has 0 aliphatic heterocycles. The third kappa shape index (κ3) is 2.03. The Morgan fingerprint density at radius 2 is 2.18 bits per heavy atom. The number of rotatable bonds is 3. The first kappa shape index (κ1) is 10.4. The SMILES string of the molecule is CC(Nc1nc2ccccc2[nH]1)c1ccsc1. The zero-order chi connectivity index (χ0) is 11.7. The zero-order valence-electron chi connectivity index (χ0n) is 9.47. The van der Waals surface area contributed by atoms with Crippen LogP contribution >= 0.6 is 11.3 Å². The van der Waals surface area contributed by atoms with E-state index in [0.717, 1.165) is 17.0 Å². The fourth-order valence-electron chi connectivity index (χ4n) is 1.83. The van der Waals surface area contributed by atoms with Gasteiger partial charge in [-0.15, -0.1) is 0 Å². The number of anilines is 1. The molecule has 0 aliphatic rings. The standard InChI is InChI=1S/C13H13N3S/c1-9(10-6-7-17-8-10)14-13-15-11-4-2-3-5-12(11)16-13/h2-9H,1H3,(H2,14,15,16). The Morgan fingerprint density at radius 1 is 1.29 bits per heavy atom. The number of para-hydroxylation sites is 2. The lowest BCUT2D eigenvalue weighted by atomic mass is 10.2. The molecule has 2 heterocycles. The molecule has 0 spiro atoms. The highest BCUT2D eigenvalue weighted by molar-refractivity contribution is 7.07. The summed E-state index contributed by atoms with van der Waals surface area (Å²) in [5.41, 5.74) is 3.34. The number of nitrogens with one attached hydrogen (secondary N) is 2. The molecule has 3 aromatic rings. The highest BCUT2D eigenvalue weighted by Gasteiger charge is 2.08. The topological polar surface area (TPSA) is 40.7 Å². The highest BCUT2D eigenvalue weighted by atomic mass is 32.1. The van der Waals surface area contributed by atoms with Gasteiger partial charge in [0.2, 0.25) is 5.95 Å². The molecule has 0 fully saturated rings. The van der Waals surface area contributed by atoms with Crippen molar-refractivity contribution in [2.24, 2.45) is 0 Å². The van der Waals surface area contributed by atoms with Crippen molar-refractivity contribution in [1.82, 2.24) is 9.97 Å². The van der Waals surface area contributed by atoms with E-state index in [1.807, 2.05) is 24.3 Å². The van der Waals surface area contributed by atoms with Gasteiger partial charge in [0.15, 0.2) is 0 Å². The number of aromatic amines is 1. The molecule has 1 atom stereocenters. The summed E-state index contributed by atoms with van der Waals surface area (Å²) in [5, 5.41) is 7.62. The summed E-state index contributed by atoms with van der Waals surface area (Å²) >= 11 is 1.71. The number of nitrogens with zero attached hydrogens (tertiary/aromatic N) is 1. The fourth-order valence-corrected chi connectivity index (χ4v) is 2.59. The quantitative estimate of drug-likeness (QED) is 0.734. The molecule has 17 heavy (non-hydrogen) atoms. The van der Waals surface area contributed by atoms with Crippen molar-refractivity contribution in [2.75, 3.05) is 5.32 Å². The Kier molecular flexibility index (Phi) is 2.57. The number of benzene rings is 1. The molecule has 2 aromatic heterocycles. The summed E-state index contributed by atoms with van der Waals surface area (Å²) in [6.45, 7) is 2.13. The van der Waals surface area contributed by atoms with E-state index in [1.165, 1.54) is 5.56 Å². The van der Waals surface area contributed by atoms with Crippen LogP contribution in [-0.2, 0) is 0 Å². The van der Waals surface area contributed by atoms with Crippen LogP contribution in [0.1, 0.15) is 18.5 Å². The van der Waals surface area contributed by atoms with Gasteiger partial charge in [0.25, 0.3) is 0 Å². The minimum Gasteiger partial charge on any atom is -0.349 e. The van der Waals surface area contributed by atoms with Crippen LogP contribution in [0.2, 0.25) is 0 Å². The first-order valence-electron chi connectivity index (χ1n) is 5.56. The van der Waals surface area contributed by atoms with Crippen LogP contribution in [0.25, 0.3) is 11.0 Å². The summed E-state index contributed by atoms with van der Waals surface area (Å²) in [7, 11) is 0. The lowest BCUT2D eigenvalue weighted by Gasteiger charge is -2.10. The van der Waals surface area contributed by atoms with Crippen molar-refractivity contribution < 1.29 is 0 Å². The first-order valence-corrected chi connectivity index (χ1v) is 6.50. The number of hydrogen-bond acceptors (Lipinski definition) is 3. The van der Waals surface area contributed by atoms with Gasteiger partial charge in [0, 0.05) is 0 Å². The summed E-state index contributed by atoms with van der Waals surface area (Å²) in [4.78, 5) is 7.77. The number of fused-ring (bicyclic) bond motifs is 1. The normalized spacial score (nSPS) is 12.8. The van der Waals surface area contributed by atoms with E-state index in [-0.39, 0.29) is 6.04 Å². The van der Waals surface area contributed by atoms with Crippen molar-refractivity contribution >= 4 is 28.3 Å². The molecular formula is C13H13N3S. The maximum atomic E-state index is 4.50. The van der Waals surface area contributed by atoms with E-state index >= 15 is 0 Å². The first-order chi connectivity index (χ1) is 8.33. The van der Waals surface area contributed by atoms with Gasteiger partial charge in [-0.3, -0.25) is 0 Å². The van der Waals surface area contributed by atoms with Gasteiger partial charge < -0.3 is 10.3 Å². The van der Waals surface area contributed by atoms with Crippen molar-refractivity contribution in [3.8, 4) is 0 Å². The Labute approximate surface area is 104 Å². The van der Waals surface area contributed by atoms with Gasteiger partial charge in [-0.1, -0.05) is 12.1 Å². The number of imidazole rings is 1. The smallest absolute Gasteiger partial charge is 0.201 e. The number of H-pyrrole nitrogens is 1. The molecule has 0 amide bonds. The number of thiophene rings is 1. The van der Waals surface area contributed by atoms with Crippen LogP contribution in [0, 0.1) is 0 Å². The van der Waals surface area contributed by atoms with Crippen LogP contribution in [0.3, 0.4) is 0 Å². The summed E-state index contributed by atoms with van der Waals surface area (Å²) < 4.78 is 0. The minimum absolute atomic E-state index is 0.266.